The van der Waals surface area contributed by atoms with Gasteiger partial charge in [-0.2, -0.15) is 0 Å². The second-order valence-electron chi connectivity index (χ2n) is 17.3. The van der Waals surface area contributed by atoms with E-state index in [-0.39, 0.29) is 62.8 Å². The van der Waals surface area contributed by atoms with E-state index in [0.29, 0.717) is 22.4 Å². The summed E-state index contributed by atoms with van der Waals surface area (Å²) in [4.78, 5) is 96.0. The molecule has 4 bridgehead atoms. The fourth-order valence-electron chi connectivity index (χ4n) is 7.44. The maximum atomic E-state index is 14.7. The molecule has 4 atom stereocenters. The van der Waals surface area contributed by atoms with Gasteiger partial charge < -0.3 is 64.6 Å². The van der Waals surface area contributed by atoms with E-state index in [4.69, 9.17) is 33.2 Å². The van der Waals surface area contributed by atoms with Gasteiger partial charge in [-0.25, -0.2) is 19.2 Å². The van der Waals surface area contributed by atoms with Crippen molar-refractivity contribution in [2.75, 3.05) is 48.1 Å². The van der Waals surface area contributed by atoms with E-state index < -0.39 is 71.7 Å². The van der Waals surface area contributed by atoms with Crippen LogP contribution >= 0.6 is 0 Å². The number of hydrogen-bond donors (Lipinski definition) is 5. The van der Waals surface area contributed by atoms with Crippen molar-refractivity contribution in [3.63, 3.8) is 0 Å². The average Bonchev–Trinajstić information content (AvgIpc) is 3.34. The lowest BCUT2D eigenvalue weighted by atomic mass is 9.93. The van der Waals surface area contributed by atoms with Crippen molar-refractivity contribution in [1.29, 1.82) is 0 Å². The molecule has 5 rings (SSSR count). The second-order valence-corrected chi connectivity index (χ2v) is 17.3. The maximum Gasteiger partial charge on any atom is 0.408 e. The first-order valence-corrected chi connectivity index (χ1v) is 22.8. The predicted octanol–water partition coefficient (Wildman–Crippen LogP) is 5.10. The Morgan fingerprint density at radius 2 is 1.35 bits per heavy atom. The molecule has 20 heteroatoms. The van der Waals surface area contributed by atoms with Crippen molar-refractivity contribution < 1.29 is 66.7 Å². The van der Waals surface area contributed by atoms with E-state index in [9.17, 15) is 33.6 Å². The van der Waals surface area contributed by atoms with Crippen LogP contribution in [0.1, 0.15) is 62.4 Å². The quantitative estimate of drug-likeness (QED) is 0.0525. The lowest BCUT2D eigenvalue weighted by molar-refractivity contribution is -0.145. The van der Waals surface area contributed by atoms with Crippen LogP contribution in [-0.4, -0.2) is 119 Å². The normalized spacial score (nSPS) is 16.0. The number of benzene rings is 4. The van der Waals surface area contributed by atoms with Gasteiger partial charge in [0.25, 0.3) is 0 Å². The fourth-order valence-corrected chi connectivity index (χ4v) is 7.44. The third-order valence-corrected chi connectivity index (χ3v) is 10.9. The Morgan fingerprint density at radius 1 is 0.732 bits per heavy atom. The van der Waals surface area contributed by atoms with Crippen LogP contribution in [0.3, 0.4) is 0 Å². The summed E-state index contributed by atoms with van der Waals surface area (Å²) >= 11 is 0. The third-order valence-electron chi connectivity index (χ3n) is 10.9. The number of amides is 6. The molecule has 0 radical (unpaired) electrons. The molecule has 5 N–H and O–H groups in total. The van der Waals surface area contributed by atoms with Crippen molar-refractivity contribution >= 4 is 42.0 Å². The van der Waals surface area contributed by atoms with E-state index >= 15 is 0 Å². The number of nitrogens with one attached hydrogen (secondary N) is 5. The molecule has 6 amide bonds. The van der Waals surface area contributed by atoms with Crippen molar-refractivity contribution in [3.8, 4) is 28.4 Å². The second kappa shape index (κ2) is 25.5. The van der Waals surface area contributed by atoms with Crippen molar-refractivity contribution in [2.24, 2.45) is 0 Å². The zero-order valence-electron chi connectivity index (χ0n) is 41.1. The molecule has 0 aliphatic carbocycles. The Kier molecular flexibility index (Phi) is 19.4. The Bertz CT molecular complexity index is 2500. The van der Waals surface area contributed by atoms with Gasteiger partial charge in [-0.3, -0.25) is 14.4 Å². The largest absolute Gasteiger partial charge is 0.496 e. The molecule has 0 unspecified atom stereocenters. The molecular formula is C51H62N6O14. The molecule has 20 nitrogen and oxygen atoms in total. The lowest BCUT2D eigenvalue weighted by Gasteiger charge is -2.33. The monoisotopic (exact) mass is 982 g/mol. The maximum absolute atomic E-state index is 14.7. The molecular weight excluding hydrogens is 921 g/mol. The fraction of sp³-hybridized carbons (Fsp3) is 0.392. The molecule has 0 spiro atoms. The summed E-state index contributed by atoms with van der Waals surface area (Å²) in [6, 6.07) is 20.9. The first-order chi connectivity index (χ1) is 33.9. The summed E-state index contributed by atoms with van der Waals surface area (Å²) in [5, 5.41) is 13.2. The van der Waals surface area contributed by atoms with Crippen LogP contribution in [0.4, 0.5) is 14.4 Å². The van der Waals surface area contributed by atoms with Crippen molar-refractivity contribution in [1.82, 2.24) is 31.5 Å². The SMILES string of the molecule is COC(=O)[C@@H]1Cc2cc(OCCNC(=O)OCc3ccccc3)c(OC)c(c2)-c2cc(ccc2OC)[C@H](N(C)C(=O)[C@H](CCNC(=O)OCc2ccccc2)NC(=O)OC(C)(C)C)C(=O)N[C@@H](C)C(=O)N1. The molecule has 0 saturated heterocycles. The number of esters is 1. The number of rotatable bonds is 17. The van der Waals surface area contributed by atoms with Crippen LogP contribution in [0.25, 0.3) is 11.1 Å². The minimum Gasteiger partial charge on any atom is -0.496 e. The summed E-state index contributed by atoms with van der Waals surface area (Å²) in [6.07, 6.45) is -2.66. The summed E-state index contributed by atoms with van der Waals surface area (Å²) in [5.74, 6) is -2.45. The van der Waals surface area contributed by atoms with Crippen LogP contribution in [0.15, 0.2) is 91.0 Å². The molecule has 0 aromatic heterocycles. The minimum atomic E-state index is -1.49. The number of carbonyl (C=O) groups is 7. The van der Waals surface area contributed by atoms with Crippen LogP contribution in [0, 0.1) is 0 Å². The van der Waals surface area contributed by atoms with Gasteiger partial charge in [0, 0.05) is 31.1 Å². The summed E-state index contributed by atoms with van der Waals surface area (Å²) in [5.41, 5.74) is 2.04. The molecule has 0 fully saturated rings. The molecule has 4 aromatic rings. The number of fused-ring (bicyclic) bond motifs is 5. The average molecular weight is 983 g/mol. The van der Waals surface area contributed by atoms with Gasteiger partial charge >= 0.3 is 24.2 Å². The highest BCUT2D eigenvalue weighted by Crippen LogP contribution is 2.44. The molecule has 1 heterocycles. The zero-order chi connectivity index (χ0) is 51.7. The number of alkyl carbamates (subject to hydrolysis) is 3. The van der Waals surface area contributed by atoms with Crippen LogP contribution < -0.4 is 40.8 Å². The lowest BCUT2D eigenvalue weighted by Crippen LogP contribution is -2.55. The number of hydrogen-bond acceptors (Lipinski definition) is 14. The minimum absolute atomic E-state index is 0.00966. The number of ether oxygens (including phenoxy) is 7. The van der Waals surface area contributed by atoms with E-state index in [1.807, 2.05) is 36.4 Å². The van der Waals surface area contributed by atoms with E-state index in [2.05, 4.69) is 26.6 Å². The van der Waals surface area contributed by atoms with Gasteiger partial charge in [0.15, 0.2) is 11.5 Å². The van der Waals surface area contributed by atoms with Gasteiger partial charge in [0.1, 0.15) is 55.3 Å². The van der Waals surface area contributed by atoms with E-state index in [1.165, 1.54) is 35.3 Å². The van der Waals surface area contributed by atoms with E-state index in [0.717, 1.165) is 16.0 Å². The molecule has 0 saturated carbocycles. The van der Waals surface area contributed by atoms with Crippen LogP contribution in [-0.2, 0) is 57.8 Å². The summed E-state index contributed by atoms with van der Waals surface area (Å²) < 4.78 is 39.2. The van der Waals surface area contributed by atoms with Crippen molar-refractivity contribution in [2.45, 2.75) is 83.5 Å². The van der Waals surface area contributed by atoms with Gasteiger partial charge in [0.2, 0.25) is 17.7 Å². The Labute approximate surface area is 412 Å². The number of methoxy groups -OCH3 is 3. The van der Waals surface area contributed by atoms with E-state index in [1.54, 1.807) is 75.4 Å². The van der Waals surface area contributed by atoms with Gasteiger partial charge in [0.05, 0.1) is 27.9 Å². The molecule has 1 aliphatic rings. The highest BCUT2D eigenvalue weighted by molar-refractivity contribution is 5.96. The first kappa shape index (κ1) is 53.9. The zero-order valence-corrected chi connectivity index (χ0v) is 41.1. The topological polar surface area (TPSA) is 247 Å². The first-order valence-electron chi connectivity index (χ1n) is 22.8. The van der Waals surface area contributed by atoms with Gasteiger partial charge in [-0.15, -0.1) is 0 Å². The number of likely N-dealkylation sites (N-methyl/N-ethyl adjacent to an activating group) is 1. The Balaban J connectivity index is 1.52. The van der Waals surface area contributed by atoms with Gasteiger partial charge in [-0.1, -0.05) is 66.7 Å². The Morgan fingerprint density at radius 3 is 1.93 bits per heavy atom. The smallest absolute Gasteiger partial charge is 0.408 e. The summed E-state index contributed by atoms with van der Waals surface area (Å²) in [6.45, 7) is 6.21. The molecule has 4 aromatic carbocycles. The molecule has 1 aliphatic heterocycles. The van der Waals surface area contributed by atoms with Gasteiger partial charge in [-0.05, 0) is 80.6 Å². The molecule has 71 heavy (non-hydrogen) atoms. The molecule has 380 valence electrons. The van der Waals surface area contributed by atoms with Crippen LogP contribution in [0.5, 0.6) is 17.2 Å². The summed E-state index contributed by atoms with van der Waals surface area (Å²) in [7, 11) is 5.37. The number of carbonyl (C=O) groups excluding carboxylic acids is 7. The van der Waals surface area contributed by atoms with Crippen LogP contribution in [0.2, 0.25) is 0 Å². The highest BCUT2D eigenvalue weighted by Gasteiger charge is 2.37. The number of nitrogens with zero attached hydrogens (tertiary/aromatic N) is 1. The Hall–Kier alpha value is -8.03. The standard InChI is InChI=1S/C51H62N6O14/c1-31-44(58)55-39(47(61)67-8)26-34-25-37(43(66-7)41(27-34)68-24-23-53-49(63)70-30-33-17-13-10-14-18-33)36-28-35(19-20-40(36)65-6)42(45(59)54-31)57(5)46(60)38(56-50(64)71-51(2,3)4)21-22-52-48(62)69-29-32-15-11-9-12-16-32/h9-20,25,27-28,31,38-39,42H,21-24,26,29-30H2,1-8H3,(H,52,62)(H,53,63)(H,54,59)(H,55,58)(H,56,64)/t31-,38-,39-,42-/m0/s1. The predicted molar refractivity (Wildman–Crippen MR) is 258 cm³/mol. The third kappa shape index (κ3) is 15.7. The highest BCUT2D eigenvalue weighted by atomic mass is 16.6. The van der Waals surface area contributed by atoms with Crippen molar-refractivity contribution in [3.05, 3.63) is 113 Å².